The molecule has 0 aliphatic heterocycles. The van der Waals surface area contributed by atoms with E-state index in [0.717, 1.165) is 11.1 Å². The number of ether oxygens (including phenoxy) is 1. The second-order valence-corrected chi connectivity index (χ2v) is 3.98. The lowest BCUT2D eigenvalue weighted by atomic mass is 10.2. The fourth-order valence-electron chi connectivity index (χ4n) is 1.58. The Morgan fingerprint density at radius 1 is 1.11 bits per heavy atom. The highest BCUT2D eigenvalue weighted by Crippen LogP contribution is 2.16. The molecule has 0 atom stereocenters. The molecule has 0 spiro atoms. The first-order chi connectivity index (χ1) is 9.25. The average molecular weight is 256 g/mol. The van der Waals surface area contributed by atoms with Gasteiger partial charge in [-0.3, -0.25) is 0 Å². The number of hydrogen-bond acceptors (Lipinski definition) is 3. The minimum atomic E-state index is 0.0536. The van der Waals surface area contributed by atoms with Crippen molar-refractivity contribution in [3.8, 4) is 5.88 Å². The predicted molar refractivity (Wildman–Crippen MR) is 74.5 cm³/mol. The van der Waals surface area contributed by atoms with Crippen molar-refractivity contribution in [2.45, 2.75) is 13.2 Å². The molecule has 19 heavy (non-hydrogen) atoms. The normalized spacial score (nSPS) is 9.89. The monoisotopic (exact) mass is 256 g/mol. The van der Waals surface area contributed by atoms with E-state index in [-0.39, 0.29) is 5.96 Å². The van der Waals surface area contributed by atoms with Gasteiger partial charge in [0.1, 0.15) is 6.61 Å². The summed E-state index contributed by atoms with van der Waals surface area (Å²) in [5, 5.41) is 0. The van der Waals surface area contributed by atoms with E-state index in [2.05, 4.69) is 9.98 Å². The third kappa shape index (κ3) is 3.99. The molecule has 0 amide bonds. The lowest BCUT2D eigenvalue weighted by Gasteiger charge is -2.08. The highest BCUT2D eigenvalue weighted by Gasteiger charge is 2.04. The first kappa shape index (κ1) is 12.9. The lowest BCUT2D eigenvalue weighted by Crippen LogP contribution is -2.22. The highest BCUT2D eigenvalue weighted by molar-refractivity contribution is 5.75. The van der Waals surface area contributed by atoms with Gasteiger partial charge in [-0.25, -0.2) is 9.98 Å². The third-order valence-electron chi connectivity index (χ3n) is 2.50. The minimum absolute atomic E-state index is 0.0536. The zero-order chi connectivity index (χ0) is 13.5. The summed E-state index contributed by atoms with van der Waals surface area (Å²) in [4.78, 5) is 8.16. The van der Waals surface area contributed by atoms with Crippen LogP contribution in [0.5, 0.6) is 5.88 Å². The Labute approximate surface area is 111 Å². The molecule has 1 aromatic heterocycles. The van der Waals surface area contributed by atoms with Gasteiger partial charge in [0.2, 0.25) is 5.88 Å². The number of benzene rings is 1. The van der Waals surface area contributed by atoms with E-state index in [9.17, 15) is 0 Å². The molecule has 0 unspecified atom stereocenters. The van der Waals surface area contributed by atoms with Crippen LogP contribution in [0.1, 0.15) is 11.1 Å². The van der Waals surface area contributed by atoms with Crippen molar-refractivity contribution in [3.63, 3.8) is 0 Å². The second-order valence-electron chi connectivity index (χ2n) is 3.98. The maximum Gasteiger partial charge on any atom is 0.218 e. The molecule has 98 valence electrons. The Morgan fingerprint density at radius 3 is 2.63 bits per heavy atom. The second kappa shape index (κ2) is 6.39. The van der Waals surface area contributed by atoms with Gasteiger partial charge < -0.3 is 16.2 Å². The van der Waals surface area contributed by atoms with Crippen LogP contribution in [0, 0.1) is 0 Å². The number of pyridine rings is 1. The summed E-state index contributed by atoms with van der Waals surface area (Å²) in [5.41, 5.74) is 12.6. The first-order valence-corrected chi connectivity index (χ1v) is 5.91. The Balaban J connectivity index is 2.05. The van der Waals surface area contributed by atoms with Crippen LogP contribution < -0.4 is 16.2 Å². The Bertz CT molecular complexity index is 550. The zero-order valence-electron chi connectivity index (χ0n) is 10.5. The minimum Gasteiger partial charge on any atom is -0.473 e. The molecule has 1 heterocycles. The van der Waals surface area contributed by atoms with Crippen LogP contribution in [0.3, 0.4) is 0 Å². The molecular formula is C14H16N4O. The molecule has 0 saturated carbocycles. The van der Waals surface area contributed by atoms with E-state index in [0.29, 0.717) is 19.0 Å². The predicted octanol–water partition coefficient (Wildman–Crippen LogP) is 1.43. The van der Waals surface area contributed by atoms with E-state index in [4.69, 9.17) is 16.2 Å². The van der Waals surface area contributed by atoms with Gasteiger partial charge in [-0.05, 0) is 11.6 Å². The molecule has 2 aromatic rings. The van der Waals surface area contributed by atoms with Gasteiger partial charge in [0.05, 0.1) is 6.54 Å². The maximum atomic E-state index is 5.69. The largest absolute Gasteiger partial charge is 0.473 e. The number of aliphatic imine (C=N–C) groups is 1. The number of nitrogens with zero attached hydrogens (tertiary/aromatic N) is 2. The summed E-state index contributed by atoms with van der Waals surface area (Å²) < 4.78 is 5.69. The lowest BCUT2D eigenvalue weighted by molar-refractivity contribution is 0.290. The molecule has 0 saturated heterocycles. The number of hydrogen-bond donors (Lipinski definition) is 2. The number of guanidine groups is 1. The summed E-state index contributed by atoms with van der Waals surface area (Å²) in [7, 11) is 0. The van der Waals surface area contributed by atoms with E-state index < -0.39 is 0 Å². The van der Waals surface area contributed by atoms with Gasteiger partial charge in [0.25, 0.3) is 0 Å². The fourth-order valence-corrected chi connectivity index (χ4v) is 1.58. The maximum absolute atomic E-state index is 5.69. The third-order valence-corrected chi connectivity index (χ3v) is 2.50. The van der Waals surface area contributed by atoms with Gasteiger partial charge in [0, 0.05) is 11.8 Å². The average Bonchev–Trinajstić information content (AvgIpc) is 2.45. The number of aromatic nitrogens is 1. The standard InChI is InChI=1S/C14H16N4O/c15-14(16)18-9-12-7-4-8-17-13(12)19-10-11-5-2-1-3-6-11/h1-8H,9-10H2,(H4,15,16,18). The summed E-state index contributed by atoms with van der Waals surface area (Å²) in [6.07, 6.45) is 1.68. The fraction of sp³-hybridized carbons (Fsp3) is 0.143. The summed E-state index contributed by atoms with van der Waals surface area (Å²) in [6.45, 7) is 0.826. The van der Waals surface area contributed by atoms with Gasteiger partial charge >= 0.3 is 0 Å². The molecule has 0 radical (unpaired) electrons. The number of nitrogens with two attached hydrogens (primary N) is 2. The van der Waals surface area contributed by atoms with Crippen LogP contribution in [0.15, 0.2) is 53.7 Å². The molecule has 0 bridgehead atoms. The van der Waals surface area contributed by atoms with Crippen molar-refractivity contribution in [2.24, 2.45) is 16.5 Å². The quantitative estimate of drug-likeness (QED) is 0.626. The van der Waals surface area contributed by atoms with Crippen LogP contribution in [-0.2, 0) is 13.2 Å². The van der Waals surface area contributed by atoms with Crippen molar-refractivity contribution in [3.05, 3.63) is 59.8 Å². The molecule has 2 rings (SSSR count). The van der Waals surface area contributed by atoms with Crippen LogP contribution >= 0.6 is 0 Å². The summed E-state index contributed by atoms with van der Waals surface area (Å²) >= 11 is 0. The van der Waals surface area contributed by atoms with Crippen molar-refractivity contribution in [2.75, 3.05) is 0 Å². The Hall–Kier alpha value is -2.56. The van der Waals surface area contributed by atoms with Crippen LogP contribution in [0.25, 0.3) is 0 Å². The Kier molecular flexibility index (Phi) is 4.34. The van der Waals surface area contributed by atoms with Crippen molar-refractivity contribution in [1.29, 1.82) is 0 Å². The van der Waals surface area contributed by atoms with Gasteiger partial charge in [0.15, 0.2) is 5.96 Å². The molecule has 5 nitrogen and oxygen atoms in total. The van der Waals surface area contributed by atoms with Gasteiger partial charge in [-0.2, -0.15) is 0 Å². The summed E-state index contributed by atoms with van der Waals surface area (Å²) in [6, 6.07) is 13.6. The van der Waals surface area contributed by atoms with Gasteiger partial charge in [-0.15, -0.1) is 0 Å². The SMILES string of the molecule is NC(N)=NCc1cccnc1OCc1ccccc1. The van der Waals surface area contributed by atoms with Crippen molar-refractivity contribution < 1.29 is 4.74 Å². The van der Waals surface area contributed by atoms with Crippen LogP contribution in [-0.4, -0.2) is 10.9 Å². The highest BCUT2D eigenvalue weighted by atomic mass is 16.5. The molecule has 1 aromatic carbocycles. The van der Waals surface area contributed by atoms with Crippen LogP contribution in [0.2, 0.25) is 0 Å². The molecular weight excluding hydrogens is 240 g/mol. The molecule has 0 fully saturated rings. The number of rotatable bonds is 5. The first-order valence-electron chi connectivity index (χ1n) is 5.91. The topological polar surface area (TPSA) is 86.5 Å². The van der Waals surface area contributed by atoms with E-state index >= 15 is 0 Å². The Morgan fingerprint density at radius 2 is 1.89 bits per heavy atom. The smallest absolute Gasteiger partial charge is 0.218 e. The molecule has 4 N–H and O–H groups in total. The van der Waals surface area contributed by atoms with E-state index in [1.165, 1.54) is 0 Å². The van der Waals surface area contributed by atoms with E-state index in [1.807, 2.05) is 42.5 Å². The van der Waals surface area contributed by atoms with Gasteiger partial charge in [-0.1, -0.05) is 36.4 Å². The van der Waals surface area contributed by atoms with Crippen LogP contribution in [0.4, 0.5) is 0 Å². The molecule has 0 aliphatic carbocycles. The van der Waals surface area contributed by atoms with Crippen molar-refractivity contribution >= 4 is 5.96 Å². The molecule has 0 aliphatic rings. The summed E-state index contributed by atoms with van der Waals surface area (Å²) in [5.74, 6) is 0.606. The van der Waals surface area contributed by atoms with E-state index in [1.54, 1.807) is 6.20 Å². The van der Waals surface area contributed by atoms with Crippen molar-refractivity contribution in [1.82, 2.24) is 4.98 Å². The molecule has 5 heteroatoms. The zero-order valence-corrected chi connectivity index (χ0v) is 10.5.